The summed E-state index contributed by atoms with van der Waals surface area (Å²) in [6, 6.07) is 7.53. The number of rotatable bonds is 3. The Balaban J connectivity index is 2.19. The maximum Gasteiger partial charge on any atom is 0.251 e. The molecule has 1 aromatic rings. The molecule has 1 aliphatic rings. The summed E-state index contributed by atoms with van der Waals surface area (Å²) in [6.45, 7) is -0.288. The van der Waals surface area contributed by atoms with Crippen LogP contribution in [0, 0.1) is 0 Å². The monoisotopic (exact) mass is 255 g/mol. The lowest BCUT2D eigenvalue weighted by Gasteiger charge is -2.31. The number of nitrogens with zero attached hydrogens (tertiary/aromatic N) is 1. The van der Waals surface area contributed by atoms with Gasteiger partial charge in [0.15, 0.2) is 0 Å². The van der Waals surface area contributed by atoms with E-state index in [0.717, 1.165) is 30.4 Å². The number of hydrogen-bond donors (Lipinski definition) is 1. The molecule has 0 spiro atoms. The second-order valence-corrected chi connectivity index (χ2v) is 4.93. The summed E-state index contributed by atoms with van der Waals surface area (Å²) in [5.74, 6) is 0. The van der Waals surface area contributed by atoms with Crippen molar-refractivity contribution in [3.63, 3.8) is 0 Å². The zero-order valence-electron chi connectivity index (χ0n) is 10.5. The van der Waals surface area contributed by atoms with Gasteiger partial charge in [-0.2, -0.15) is 0 Å². The SMILES string of the molecule is CN(CC(F)F)C1CCCc2ccccc2C1O. The molecule has 2 atom stereocenters. The smallest absolute Gasteiger partial charge is 0.251 e. The standard InChI is InChI=1S/C14H19F2NO/c1-17(9-13(15)16)12-8-4-6-10-5-2-3-7-11(10)14(12)18/h2-3,5,7,12-14,18H,4,6,8-9H2,1H3. The maximum atomic E-state index is 12.4. The maximum absolute atomic E-state index is 12.4. The van der Waals surface area contributed by atoms with Crippen LogP contribution in [0.3, 0.4) is 0 Å². The van der Waals surface area contributed by atoms with Crippen LogP contribution < -0.4 is 0 Å². The Kier molecular flexibility index (Phi) is 4.30. The molecule has 0 amide bonds. The largest absolute Gasteiger partial charge is 0.387 e. The van der Waals surface area contributed by atoms with Crippen LogP contribution in [-0.4, -0.2) is 36.1 Å². The zero-order chi connectivity index (χ0) is 13.1. The van der Waals surface area contributed by atoms with Crippen LogP contribution in [0.4, 0.5) is 8.78 Å². The molecule has 0 fully saturated rings. The Morgan fingerprint density at radius 1 is 1.39 bits per heavy atom. The van der Waals surface area contributed by atoms with Crippen LogP contribution in [0.1, 0.15) is 30.1 Å². The minimum Gasteiger partial charge on any atom is -0.387 e. The van der Waals surface area contributed by atoms with E-state index in [1.54, 1.807) is 11.9 Å². The summed E-state index contributed by atoms with van der Waals surface area (Å²) in [5.41, 5.74) is 2.03. The number of aliphatic hydroxyl groups is 1. The molecule has 2 rings (SSSR count). The first kappa shape index (κ1) is 13.4. The molecule has 0 aliphatic heterocycles. The van der Waals surface area contributed by atoms with Gasteiger partial charge < -0.3 is 5.11 Å². The number of alkyl halides is 2. The van der Waals surface area contributed by atoms with Gasteiger partial charge >= 0.3 is 0 Å². The Labute approximate surface area is 106 Å². The summed E-state index contributed by atoms with van der Waals surface area (Å²) in [5, 5.41) is 10.4. The number of likely N-dealkylation sites (N-methyl/N-ethyl adjacent to an activating group) is 1. The van der Waals surface area contributed by atoms with Crippen LogP contribution in [0.25, 0.3) is 0 Å². The summed E-state index contributed by atoms with van der Waals surface area (Å²) in [4.78, 5) is 1.58. The molecule has 18 heavy (non-hydrogen) atoms. The topological polar surface area (TPSA) is 23.5 Å². The fourth-order valence-corrected chi connectivity index (χ4v) is 2.73. The first-order valence-corrected chi connectivity index (χ1v) is 6.34. The van der Waals surface area contributed by atoms with Gasteiger partial charge in [0, 0.05) is 6.04 Å². The van der Waals surface area contributed by atoms with Crippen molar-refractivity contribution in [3.05, 3.63) is 35.4 Å². The molecule has 0 saturated carbocycles. The second-order valence-electron chi connectivity index (χ2n) is 4.93. The van der Waals surface area contributed by atoms with Crippen molar-refractivity contribution < 1.29 is 13.9 Å². The average Bonchev–Trinajstić information content (AvgIpc) is 2.49. The number of fused-ring (bicyclic) bond motifs is 1. The third-order valence-corrected chi connectivity index (χ3v) is 3.68. The highest BCUT2D eigenvalue weighted by Gasteiger charge is 2.29. The van der Waals surface area contributed by atoms with E-state index in [2.05, 4.69) is 0 Å². The normalized spacial score (nSPS) is 24.1. The molecule has 1 aromatic carbocycles. The molecule has 0 aromatic heterocycles. The fourth-order valence-electron chi connectivity index (χ4n) is 2.73. The predicted octanol–water partition coefficient (Wildman–Crippen LogP) is 2.62. The van der Waals surface area contributed by atoms with Gasteiger partial charge in [-0.1, -0.05) is 24.3 Å². The highest BCUT2D eigenvalue weighted by molar-refractivity contribution is 5.31. The molecule has 0 bridgehead atoms. The van der Waals surface area contributed by atoms with Gasteiger partial charge in [0.1, 0.15) is 0 Å². The Bertz CT molecular complexity index is 397. The van der Waals surface area contributed by atoms with Crippen molar-refractivity contribution in [2.75, 3.05) is 13.6 Å². The number of benzene rings is 1. The fraction of sp³-hybridized carbons (Fsp3) is 0.571. The van der Waals surface area contributed by atoms with Gasteiger partial charge in [-0.05, 0) is 37.4 Å². The molecule has 100 valence electrons. The van der Waals surface area contributed by atoms with Gasteiger partial charge in [0.25, 0.3) is 6.43 Å². The third kappa shape index (κ3) is 2.87. The van der Waals surface area contributed by atoms with E-state index < -0.39 is 12.5 Å². The number of aryl methyl sites for hydroxylation is 1. The lowest BCUT2D eigenvalue weighted by atomic mass is 9.98. The Morgan fingerprint density at radius 3 is 2.83 bits per heavy atom. The van der Waals surface area contributed by atoms with Gasteiger partial charge in [-0.3, -0.25) is 4.90 Å². The molecule has 4 heteroatoms. The first-order valence-electron chi connectivity index (χ1n) is 6.34. The van der Waals surface area contributed by atoms with E-state index in [1.807, 2.05) is 24.3 Å². The molecule has 1 N–H and O–H groups in total. The molecule has 1 aliphatic carbocycles. The van der Waals surface area contributed by atoms with E-state index in [-0.39, 0.29) is 12.6 Å². The van der Waals surface area contributed by atoms with E-state index in [1.165, 1.54) is 0 Å². The minimum absolute atomic E-state index is 0.220. The lowest BCUT2D eigenvalue weighted by Crippen LogP contribution is -2.39. The van der Waals surface area contributed by atoms with Crippen molar-refractivity contribution in [3.8, 4) is 0 Å². The minimum atomic E-state index is -2.36. The van der Waals surface area contributed by atoms with E-state index in [9.17, 15) is 13.9 Å². The Morgan fingerprint density at radius 2 is 2.11 bits per heavy atom. The van der Waals surface area contributed by atoms with Crippen molar-refractivity contribution in [1.29, 1.82) is 0 Å². The van der Waals surface area contributed by atoms with Gasteiger partial charge in [0.2, 0.25) is 0 Å². The number of halogens is 2. The number of aliphatic hydroxyl groups excluding tert-OH is 1. The van der Waals surface area contributed by atoms with E-state index in [4.69, 9.17) is 0 Å². The van der Waals surface area contributed by atoms with Gasteiger partial charge in [-0.15, -0.1) is 0 Å². The van der Waals surface area contributed by atoms with Gasteiger partial charge in [-0.25, -0.2) is 8.78 Å². The molecule has 0 radical (unpaired) electrons. The quantitative estimate of drug-likeness (QED) is 0.839. The van der Waals surface area contributed by atoms with Crippen LogP contribution in [0.5, 0.6) is 0 Å². The van der Waals surface area contributed by atoms with Crippen molar-refractivity contribution in [2.45, 2.75) is 37.8 Å². The van der Waals surface area contributed by atoms with Crippen LogP contribution in [-0.2, 0) is 6.42 Å². The van der Waals surface area contributed by atoms with E-state index in [0.29, 0.717) is 0 Å². The summed E-state index contributed by atoms with van der Waals surface area (Å²) >= 11 is 0. The summed E-state index contributed by atoms with van der Waals surface area (Å²) < 4.78 is 24.9. The van der Waals surface area contributed by atoms with Crippen LogP contribution in [0.2, 0.25) is 0 Å². The van der Waals surface area contributed by atoms with Crippen LogP contribution >= 0.6 is 0 Å². The van der Waals surface area contributed by atoms with Crippen LogP contribution in [0.15, 0.2) is 24.3 Å². The summed E-state index contributed by atoms with van der Waals surface area (Å²) in [7, 11) is 1.66. The third-order valence-electron chi connectivity index (χ3n) is 3.68. The molecule has 0 heterocycles. The molecular weight excluding hydrogens is 236 g/mol. The lowest BCUT2D eigenvalue weighted by molar-refractivity contribution is 0.0213. The summed E-state index contributed by atoms with van der Waals surface area (Å²) in [6.07, 6.45) is -0.453. The van der Waals surface area contributed by atoms with Gasteiger partial charge in [0.05, 0.1) is 12.6 Å². The molecule has 0 saturated heterocycles. The average molecular weight is 255 g/mol. The molecule has 2 nitrogen and oxygen atoms in total. The van der Waals surface area contributed by atoms with Crippen molar-refractivity contribution in [2.24, 2.45) is 0 Å². The Hall–Kier alpha value is -1.00. The molecule has 2 unspecified atom stereocenters. The highest BCUT2D eigenvalue weighted by Crippen LogP contribution is 2.31. The first-order chi connectivity index (χ1) is 8.59. The zero-order valence-corrected chi connectivity index (χ0v) is 10.5. The highest BCUT2D eigenvalue weighted by atomic mass is 19.3. The number of hydrogen-bond acceptors (Lipinski definition) is 2. The predicted molar refractivity (Wildman–Crippen MR) is 66.8 cm³/mol. The van der Waals surface area contributed by atoms with Crippen molar-refractivity contribution in [1.82, 2.24) is 4.90 Å². The second kappa shape index (κ2) is 5.76. The van der Waals surface area contributed by atoms with E-state index >= 15 is 0 Å². The van der Waals surface area contributed by atoms with Crippen molar-refractivity contribution >= 4 is 0 Å². The molecular formula is C14H19F2NO.